The third-order valence-electron chi connectivity index (χ3n) is 2.54. The van der Waals surface area contributed by atoms with E-state index < -0.39 is 26.8 Å². The molecule has 0 amide bonds. The Hall–Kier alpha value is -1.18. The van der Waals surface area contributed by atoms with Crippen LogP contribution in [0.1, 0.15) is 19.8 Å². The molecule has 0 aliphatic rings. The summed E-state index contributed by atoms with van der Waals surface area (Å²) >= 11 is 0. The van der Waals surface area contributed by atoms with E-state index in [-0.39, 0.29) is 18.7 Å². The summed E-state index contributed by atoms with van der Waals surface area (Å²) in [5.74, 6) is -0.851. The number of sulfonamides is 1. The quantitative estimate of drug-likeness (QED) is 0.671. The third-order valence-corrected chi connectivity index (χ3v) is 4.07. The molecule has 4 N–H and O–H groups in total. The maximum atomic E-state index is 13.5. The van der Waals surface area contributed by atoms with Gasteiger partial charge in [-0.2, -0.15) is 0 Å². The molecule has 102 valence electrons. The number of anilines is 1. The summed E-state index contributed by atoms with van der Waals surface area (Å²) in [6, 6.07) is 2.94. The van der Waals surface area contributed by atoms with E-state index in [0.29, 0.717) is 6.42 Å². The first-order valence-electron chi connectivity index (χ1n) is 5.59. The Bertz CT molecular complexity index is 505. The number of rotatable bonds is 6. The highest BCUT2D eigenvalue weighted by Gasteiger charge is 2.22. The lowest BCUT2D eigenvalue weighted by Crippen LogP contribution is -2.35. The van der Waals surface area contributed by atoms with Gasteiger partial charge in [0.15, 0.2) is 0 Å². The van der Waals surface area contributed by atoms with Gasteiger partial charge in [0.25, 0.3) is 0 Å². The van der Waals surface area contributed by atoms with Crippen molar-refractivity contribution in [2.45, 2.75) is 30.7 Å². The Morgan fingerprint density at radius 1 is 1.50 bits per heavy atom. The molecular formula is C11H17FN2O3S. The zero-order valence-corrected chi connectivity index (χ0v) is 10.9. The number of hydrogen-bond acceptors (Lipinski definition) is 4. The monoisotopic (exact) mass is 276 g/mol. The molecule has 1 unspecified atom stereocenters. The fraction of sp³-hybridized carbons (Fsp3) is 0.455. The summed E-state index contributed by atoms with van der Waals surface area (Å²) in [5, 5.41) is 8.80. The first kappa shape index (κ1) is 14.9. The van der Waals surface area contributed by atoms with Gasteiger partial charge >= 0.3 is 0 Å². The van der Waals surface area contributed by atoms with Crippen LogP contribution in [0.5, 0.6) is 0 Å². The van der Waals surface area contributed by atoms with Crippen LogP contribution in [0.2, 0.25) is 0 Å². The van der Waals surface area contributed by atoms with Crippen molar-refractivity contribution < 1.29 is 17.9 Å². The molecule has 1 rings (SSSR count). The van der Waals surface area contributed by atoms with Crippen molar-refractivity contribution in [3.63, 3.8) is 0 Å². The summed E-state index contributed by atoms with van der Waals surface area (Å²) in [5.41, 5.74) is 5.62. The fourth-order valence-electron chi connectivity index (χ4n) is 1.51. The van der Waals surface area contributed by atoms with Crippen LogP contribution >= 0.6 is 0 Å². The Balaban J connectivity index is 3.02. The highest BCUT2D eigenvalue weighted by molar-refractivity contribution is 7.89. The molecule has 0 saturated carbocycles. The normalized spacial score (nSPS) is 13.5. The SMILES string of the molecule is CCC(CCO)NS(=O)(=O)c1cc(N)ccc1F. The van der Waals surface area contributed by atoms with Crippen LogP contribution in [0.25, 0.3) is 0 Å². The molecule has 18 heavy (non-hydrogen) atoms. The van der Waals surface area contributed by atoms with Gasteiger partial charge in [-0.3, -0.25) is 0 Å². The molecule has 7 heteroatoms. The maximum Gasteiger partial charge on any atom is 0.243 e. The van der Waals surface area contributed by atoms with E-state index in [1.807, 2.05) is 0 Å². The van der Waals surface area contributed by atoms with Gasteiger partial charge in [0, 0.05) is 18.3 Å². The molecule has 0 aromatic heterocycles. The van der Waals surface area contributed by atoms with Crippen LogP contribution in [-0.2, 0) is 10.0 Å². The van der Waals surface area contributed by atoms with Crippen molar-refractivity contribution in [3.05, 3.63) is 24.0 Å². The molecule has 0 bridgehead atoms. The number of halogens is 1. The summed E-state index contributed by atoms with van der Waals surface area (Å²) in [6.45, 7) is 1.64. The average Bonchev–Trinajstić information content (AvgIpc) is 2.31. The standard InChI is InChI=1S/C11H17FN2O3S/c1-2-9(5-6-15)14-18(16,17)11-7-8(13)3-4-10(11)12/h3-4,7,9,14-15H,2,5-6,13H2,1H3. The van der Waals surface area contributed by atoms with Crippen LogP contribution < -0.4 is 10.5 Å². The lowest BCUT2D eigenvalue weighted by Gasteiger charge is -2.16. The second kappa shape index (κ2) is 6.12. The Morgan fingerprint density at radius 3 is 2.72 bits per heavy atom. The molecule has 5 nitrogen and oxygen atoms in total. The minimum absolute atomic E-state index is 0.138. The van der Waals surface area contributed by atoms with Gasteiger partial charge in [-0.15, -0.1) is 0 Å². The molecular weight excluding hydrogens is 259 g/mol. The Labute approximate surface area is 106 Å². The number of nitrogens with one attached hydrogen (secondary N) is 1. The smallest absolute Gasteiger partial charge is 0.243 e. The molecule has 0 saturated heterocycles. The highest BCUT2D eigenvalue weighted by Crippen LogP contribution is 2.18. The summed E-state index contributed by atoms with van der Waals surface area (Å²) in [6.07, 6.45) is 0.781. The summed E-state index contributed by atoms with van der Waals surface area (Å²) < 4.78 is 39.7. The van der Waals surface area contributed by atoms with Crippen LogP contribution in [-0.4, -0.2) is 26.2 Å². The second-order valence-corrected chi connectivity index (χ2v) is 5.61. The largest absolute Gasteiger partial charge is 0.399 e. The molecule has 0 aliphatic carbocycles. The molecule has 0 heterocycles. The van der Waals surface area contributed by atoms with Gasteiger partial charge < -0.3 is 10.8 Å². The van der Waals surface area contributed by atoms with E-state index >= 15 is 0 Å². The van der Waals surface area contributed by atoms with E-state index in [2.05, 4.69) is 4.72 Å². The number of nitrogen functional groups attached to an aromatic ring is 1. The van der Waals surface area contributed by atoms with Crippen LogP contribution in [0.3, 0.4) is 0 Å². The lowest BCUT2D eigenvalue weighted by atomic mass is 10.2. The van der Waals surface area contributed by atoms with Gasteiger partial charge in [-0.25, -0.2) is 17.5 Å². The van der Waals surface area contributed by atoms with E-state index in [9.17, 15) is 12.8 Å². The molecule has 0 radical (unpaired) electrons. The minimum Gasteiger partial charge on any atom is -0.399 e. The van der Waals surface area contributed by atoms with Crippen LogP contribution in [0.4, 0.5) is 10.1 Å². The number of benzene rings is 1. The van der Waals surface area contributed by atoms with Crippen LogP contribution in [0.15, 0.2) is 23.1 Å². The van der Waals surface area contributed by atoms with Gasteiger partial charge in [0.05, 0.1) is 0 Å². The second-order valence-electron chi connectivity index (χ2n) is 3.93. The molecule has 1 aromatic rings. The van der Waals surface area contributed by atoms with E-state index in [1.165, 1.54) is 6.07 Å². The molecule has 0 fully saturated rings. The van der Waals surface area contributed by atoms with Crippen molar-refractivity contribution in [2.24, 2.45) is 0 Å². The number of hydrogen-bond donors (Lipinski definition) is 3. The first-order chi connectivity index (χ1) is 8.40. The molecule has 1 aromatic carbocycles. The third kappa shape index (κ3) is 3.66. The number of nitrogens with two attached hydrogens (primary N) is 1. The van der Waals surface area contributed by atoms with Crippen molar-refractivity contribution in [1.29, 1.82) is 0 Å². The summed E-state index contributed by atoms with van der Waals surface area (Å²) in [4.78, 5) is -0.473. The van der Waals surface area contributed by atoms with Gasteiger partial charge in [0.2, 0.25) is 10.0 Å². The maximum absolute atomic E-state index is 13.5. The Morgan fingerprint density at radius 2 is 2.17 bits per heavy atom. The van der Waals surface area contributed by atoms with Gasteiger partial charge in [-0.1, -0.05) is 6.92 Å². The Kier molecular flexibility index (Phi) is 5.06. The van der Waals surface area contributed by atoms with Gasteiger partial charge in [0.1, 0.15) is 10.7 Å². The van der Waals surface area contributed by atoms with Crippen molar-refractivity contribution in [2.75, 3.05) is 12.3 Å². The van der Waals surface area contributed by atoms with Crippen molar-refractivity contribution in [3.8, 4) is 0 Å². The molecule has 1 atom stereocenters. The first-order valence-corrected chi connectivity index (χ1v) is 7.07. The predicted molar refractivity (Wildman–Crippen MR) is 66.9 cm³/mol. The van der Waals surface area contributed by atoms with E-state index in [1.54, 1.807) is 6.92 Å². The molecule has 0 spiro atoms. The average molecular weight is 276 g/mol. The summed E-state index contributed by atoms with van der Waals surface area (Å²) in [7, 11) is -3.96. The van der Waals surface area contributed by atoms with Crippen molar-refractivity contribution >= 4 is 15.7 Å². The highest BCUT2D eigenvalue weighted by atomic mass is 32.2. The lowest BCUT2D eigenvalue weighted by molar-refractivity contribution is 0.270. The van der Waals surface area contributed by atoms with Crippen LogP contribution in [0, 0.1) is 5.82 Å². The van der Waals surface area contributed by atoms with Crippen molar-refractivity contribution in [1.82, 2.24) is 4.72 Å². The van der Waals surface area contributed by atoms with E-state index in [4.69, 9.17) is 10.8 Å². The number of aliphatic hydroxyl groups excluding tert-OH is 1. The van der Waals surface area contributed by atoms with Gasteiger partial charge in [-0.05, 0) is 31.0 Å². The fourth-order valence-corrected chi connectivity index (χ4v) is 2.98. The predicted octanol–water partition coefficient (Wildman–Crippen LogP) is 0.847. The topological polar surface area (TPSA) is 92.4 Å². The number of aliphatic hydroxyl groups is 1. The zero-order chi connectivity index (χ0) is 13.8. The minimum atomic E-state index is -3.96. The van der Waals surface area contributed by atoms with E-state index in [0.717, 1.165) is 12.1 Å². The molecule has 0 aliphatic heterocycles. The zero-order valence-electron chi connectivity index (χ0n) is 10.1.